The molecule has 3 heteroatoms. The highest BCUT2D eigenvalue weighted by Gasteiger charge is 2.11. The fraction of sp³-hybridized carbons (Fsp3) is 0.182. The summed E-state index contributed by atoms with van der Waals surface area (Å²) in [5.74, 6) is -0.951. The Morgan fingerprint density at radius 3 is 2.93 bits per heavy atom. The van der Waals surface area contributed by atoms with Gasteiger partial charge in [0.05, 0.1) is 0 Å². The predicted molar refractivity (Wildman–Crippen MR) is 52.6 cm³/mol. The van der Waals surface area contributed by atoms with Gasteiger partial charge in [0.25, 0.3) is 0 Å². The fourth-order valence-corrected chi connectivity index (χ4v) is 1.46. The van der Waals surface area contributed by atoms with Gasteiger partial charge in [0, 0.05) is 5.39 Å². The molecule has 0 bridgehead atoms. The maximum absolute atomic E-state index is 10.8. The van der Waals surface area contributed by atoms with Gasteiger partial charge in [0.15, 0.2) is 0 Å². The van der Waals surface area contributed by atoms with Crippen molar-refractivity contribution in [2.75, 3.05) is 0 Å². The number of carboxylic acids is 1. The average Bonchev–Trinajstić information content (AvgIpc) is 2.59. The molecule has 0 aliphatic heterocycles. The molecule has 1 aromatic carbocycles. The van der Waals surface area contributed by atoms with Gasteiger partial charge < -0.3 is 9.52 Å². The van der Waals surface area contributed by atoms with Crippen LogP contribution in [0.1, 0.15) is 22.8 Å². The summed E-state index contributed by atoms with van der Waals surface area (Å²) in [5, 5.41) is 9.50. The third-order valence-electron chi connectivity index (χ3n) is 2.28. The first-order valence-corrected chi connectivity index (χ1v) is 4.45. The van der Waals surface area contributed by atoms with Crippen molar-refractivity contribution in [2.45, 2.75) is 13.3 Å². The topological polar surface area (TPSA) is 50.4 Å². The molecule has 1 N–H and O–H groups in total. The Morgan fingerprint density at radius 2 is 2.29 bits per heavy atom. The Labute approximate surface area is 81.0 Å². The van der Waals surface area contributed by atoms with Gasteiger partial charge >= 0.3 is 5.97 Å². The van der Waals surface area contributed by atoms with E-state index in [-0.39, 0.29) is 5.56 Å². The number of carboxylic acid groups (broad SMARTS) is 1. The second-order valence-electron chi connectivity index (χ2n) is 3.14. The summed E-state index contributed by atoms with van der Waals surface area (Å²) in [6.45, 7) is 2.04. The molecule has 3 nitrogen and oxygen atoms in total. The molecule has 0 amide bonds. The number of rotatable bonds is 2. The summed E-state index contributed by atoms with van der Waals surface area (Å²) in [4.78, 5) is 10.8. The molecule has 1 aromatic heterocycles. The van der Waals surface area contributed by atoms with E-state index in [2.05, 4.69) is 0 Å². The number of fused-ring (bicyclic) bond motifs is 1. The molecule has 0 spiro atoms. The van der Waals surface area contributed by atoms with Crippen molar-refractivity contribution in [3.8, 4) is 0 Å². The normalized spacial score (nSPS) is 10.6. The van der Waals surface area contributed by atoms with Crippen molar-refractivity contribution in [3.05, 3.63) is 35.6 Å². The Hall–Kier alpha value is -1.77. The first kappa shape index (κ1) is 8.81. The van der Waals surface area contributed by atoms with E-state index in [1.165, 1.54) is 6.26 Å². The highest BCUT2D eigenvalue weighted by Crippen LogP contribution is 2.22. The summed E-state index contributed by atoms with van der Waals surface area (Å²) < 4.78 is 5.17. The minimum Gasteiger partial charge on any atom is -0.478 e. The van der Waals surface area contributed by atoms with Crippen molar-refractivity contribution in [3.63, 3.8) is 0 Å². The molecule has 14 heavy (non-hydrogen) atoms. The summed E-state index contributed by atoms with van der Waals surface area (Å²) in [5.41, 5.74) is 2.01. The van der Waals surface area contributed by atoms with Crippen LogP contribution in [0.25, 0.3) is 11.0 Å². The lowest BCUT2D eigenvalue weighted by Crippen LogP contribution is -1.93. The molecule has 0 fully saturated rings. The lowest BCUT2D eigenvalue weighted by molar-refractivity contribution is 0.0698. The first-order valence-electron chi connectivity index (χ1n) is 4.45. The highest BCUT2D eigenvalue weighted by atomic mass is 16.4. The number of furan rings is 1. The van der Waals surface area contributed by atoms with E-state index in [9.17, 15) is 4.79 Å². The Kier molecular flexibility index (Phi) is 2.00. The minimum atomic E-state index is -0.951. The van der Waals surface area contributed by atoms with Crippen molar-refractivity contribution in [1.29, 1.82) is 0 Å². The number of aryl methyl sites for hydroxylation is 1. The van der Waals surface area contributed by atoms with Gasteiger partial charge in [-0.15, -0.1) is 0 Å². The van der Waals surface area contributed by atoms with Gasteiger partial charge in [-0.25, -0.2) is 4.79 Å². The van der Waals surface area contributed by atoms with Gasteiger partial charge in [-0.1, -0.05) is 13.0 Å². The highest BCUT2D eigenvalue weighted by molar-refractivity contribution is 6.02. The van der Waals surface area contributed by atoms with Crippen molar-refractivity contribution < 1.29 is 14.3 Å². The SMILES string of the molecule is CCc1ccc2c(C(=O)O)coc2c1. The zero-order valence-electron chi connectivity index (χ0n) is 7.78. The van der Waals surface area contributed by atoms with Crippen molar-refractivity contribution >= 4 is 16.9 Å². The van der Waals surface area contributed by atoms with Gasteiger partial charge in [-0.05, 0) is 24.1 Å². The number of carbonyl (C=O) groups is 1. The summed E-state index contributed by atoms with van der Waals surface area (Å²) in [6.07, 6.45) is 2.20. The lowest BCUT2D eigenvalue weighted by atomic mass is 10.1. The van der Waals surface area contributed by atoms with Gasteiger partial charge in [0.1, 0.15) is 17.4 Å². The van der Waals surface area contributed by atoms with Crippen LogP contribution in [0.5, 0.6) is 0 Å². The number of aromatic carboxylic acids is 1. The van der Waals surface area contributed by atoms with E-state index in [0.29, 0.717) is 11.0 Å². The Balaban J connectivity index is 2.65. The van der Waals surface area contributed by atoms with E-state index in [0.717, 1.165) is 12.0 Å². The molecule has 1 heterocycles. The Bertz CT molecular complexity index is 482. The quantitative estimate of drug-likeness (QED) is 0.792. The largest absolute Gasteiger partial charge is 0.478 e. The Morgan fingerprint density at radius 1 is 1.50 bits per heavy atom. The van der Waals surface area contributed by atoms with E-state index in [4.69, 9.17) is 9.52 Å². The smallest absolute Gasteiger partial charge is 0.339 e. The molecule has 0 saturated heterocycles. The van der Waals surface area contributed by atoms with E-state index >= 15 is 0 Å². The maximum Gasteiger partial charge on any atom is 0.339 e. The molecule has 72 valence electrons. The molecule has 0 atom stereocenters. The monoisotopic (exact) mass is 190 g/mol. The second-order valence-corrected chi connectivity index (χ2v) is 3.14. The van der Waals surface area contributed by atoms with Gasteiger partial charge in [-0.3, -0.25) is 0 Å². The second kappa shape index (κ2) is 3.18. The maximum atomic E-state index is 10.8. The molecule has 2 aromatic rings. The lowest BCUT2D eigenvalue weighted by Gasteiger charge is -1.95. The number of benzene rings is 1. The molecular formula is C11H10O3. The predicted octanol–water partition coefficient (Wildman–Crippen LogP) is 2.69. The number of hydrogen-bond donors (Lipinski definition) is 1. The summed E-state index contributed by atoms with van der Waals surface area (Å²) >= 11 is 0. The van der Waals surface area contributed by atoms with Crippen LogP contribution >= 0.6 is 0 Å². The molecule has 0 radical (unpaired) electrons. The molecule has 0 saturated carbocycles. The molecule has 2 rings (SSSR count). The van der Waals surface area contributed by atoms with Crippen LogP contribution in [0.2, 0.25) is 0 Å². The average molecular weight is 190 g/mol. The molecule has 0 aliphatic rings. The fourth-order valence-electron chi connectivity index (χ4n) is 1.46. The minimum absolute atomic E-state index is 0.225. The number of hydrogen-bond acceptors (Lipinski definition) is 2. The van der Waals surface area contributed by atoms with Crippen molar-refractivity contribution in [2.24, 2.45) is 0 Å². The van der Waals surface area contributed by atoms with Crippen LogP contribution in [0.15, 0.2) is 28.9 Å². The zero-order valence-corrected chi connectivity index (χ0v) is 7.78. The van der Waals surface area contributed by atoms with Crippen LogP contribution in [0, 0.1) is 0 Å². The van der Waals surface area contributed by atoms with Crippen LogP contribution in [-0.2, 0) is 6.42 Å². The summed E-state index contributed by atoms with van der Waals surface area (Å²) in [7, 11) is 0. The first-order chi connectivity index (χ1) is 6.72. The van der Waals surface area contributed by atoms with Crippen LogP contribution in [0.3, 0.4) is 0 Å². The van der Waals surface area contributed by atoms with E-state index < -0.39 is 5.97 Å². The molecular weight excluding hydrogens is 180 g/mol. The summed E-state index contributed by atoms with van der Waals surface area (Å²) in [6, 6.07) is 5.59. The zero-order chi connectivity index (χ0) is 10.1. The van der Waals surface area contributed by atoms with Gasteiger partial charge in [-0.2, -0.15) is 0 Å². The van der Waals surface area contributed by atoms with Crippen LogP contribution in [-0.4, -0.2) is 11.1 Å². The van der Waals surface area contributed by atoms with Gasteiger partial charge in [0.2, 0.25) is 0 Å². The third kappa shape index (κ3) is 1.27. The van der Waals surface area contributed by atoms with Crippen LogP contribution in [0.4, 0.5) is 0 Å². The molecule has 0 aliphatic carbocycles. The van der Waals surface area contributed by atoms with E-state index in [1.807, 2.05) is 19.1 Å². The molecule has 0 unspecified atom stereocenters. The standard InChI is InChI=1S/C11H10O3/c1-2-7-3-4-8-9(11(12)13)6-14-10(8)5-7/h3-6H,2H2,1H3,(H,12,13). The van der Waals surface area contributed by atoms with E-state index in [1.54, 1.807) is 6.07 Å². The third-order valence-corrected chi connectivity index (χ3v) is 2.28. The van der Waals surface area contributed by atoms with Crippen LogP contribution < -0.4 is 0 Å². The van der Waals surface area contributed by atoms with Crippen molar-refractivity contribution in [1.82, 2.24) is 0 Å².